The fourth-order valence-corrected chi connectivity index (χ4v) is 2.57. The highest BCUT2D eigenvalue weighted by Gasteiger charge is 2.18. The van der Waals surface area contributed by atoms with Crippen LogP contribution >= 0.6 is 11.6 Å². The Morgan fingerprint density at radius 3 is 2.81 bits per heavy atom. The first-order valence-corrected chi connectivity index (χ1v) is 7.29. The van der Waals surface area contributed by atoms with Gasteiger partial charge in [0, 0.05) is 37.6 Å². The molecule has 2 aromatic heterocycles. The minimum Gasteiger partial charge on any atom is -0.354 e. The Morgan fingerprint density at radius 2 is 2.00 bits per heavy atom. The van der Waals surface area contributed by atoms with Crippen molar-refractivity contribution >= 4 is 17.4 Å². The molecule has 0 aliphatic carbocycles. The lowest BCUT2D eigenvalue weighted by molar-refractivity contribution is 0.724. The second-order valence-corrected chi connectivity index (χ2v) is 5.26. The molecule has 3 rings (SSSR count). The third-order valence-electron chi connectivity index (χ3n) is 3.44. The number of nitrogens with zero attached hydrogens (tertiary/aromatic N) is 3. The van der Waals surface area contributed by atoms with E-state index in [9.17, 15) is 4.79 Å². The Bertz CT molecular complexity index is 665. The Balaban J connectivity index is 2.03. The van der Waals surface area contributed by atoms with Gasteiger partial charge in [-0.3, -0.25) is 9.78 Å². The molecule has 2 aromatic rings. The Morgan fingerprint density at radius 1 is 1.19 bits per heavy atom. The van der Waals surface area contributed by atoms with E-state index in [1.807, 2.05) is 0 Å². The zero-order valence-corrected chi connectivity index (χ0v) is 12.2. The number of aromatic nitrogens is 3. The predicted octanol–water partition coefficient (Wildman–Crippen LogP) is 1.28. The number of anilines is 1. The average Bonchev–Trinajstić information content (AvgIpc) is 2.80. The molecule has 0 saturated carbocycles. The molecule has 1 saturated heterocycles. The molecule has 0 bridgehead atoms. The van der Waals surface area contributed by atoms with Crippen LogP contribution in [0.15, 0.2) is 29.3 Å². The van der Waals surface area contributed by atoms with E-state index in [1.165, 1.54) is 0 Å². The minimum absolute atomic E-state index is 0.148. The van der Waals surface area contributed by atoms with Crippen LogP contribution in [0.3, 0.4) is 0 Å². The van der Waals surface area contributed by atoms with Gasteiger partial charge in [0.2, 0.25) is 0 Å². The summed E-state index contributed by atoms with van der Waals surface area (Å²) in [6, 6.07) is 3.61. The number of hydrogen-bond acceptors (Lipinski definition) is 5. The Labute approximate surface area is 127 Å². The molecule has 0 unspecified atom stereocenters. The maximum absolute atomic E-state index is 12.1. The van der Waals surface area contributed by atoms with E-state index in [-0.39, 0.29) is 10.6 Å². The van der Waals surface area contributed by atoms with Crippen molar-refractivity contribution < 1.29 is 0 Å². The third kappa shape index (κ3) is 3.06. The van der Waals surface area contributed by atoms with E-state index in [2.05, 4.69) is 25.2 Å². The number of aromatic amines is 1. The normalized spacial score (nSPS) is 15.8. The smallest absolute Gasteiger partial charge is 0.272 e. The number of nitrogens with one attached hydrogen (secondary N) is 2. The van der Waals surface area contributed by atoms with Crippen molar-refractivity contribution in [1.29, 1.82) is 0 Å². The Kier molecular flexibility index (Phi) is 4.17. The van der Waals surface area contributed by atoms with E-state index in [0.717, 1.165) is 38.2 Å². The largest absolute Gasteiger partial charge is 0.354 e. The standard InChI is InChI=1S/C14H16ClN5O/c15-11-13(20-8-1-4-16-7-9-20)18-12(19-14(11)21)10-2-5-17-6-3-10/h2-3,5-6,16H,1,4,7-9H2,(H,18,19,21). The first kappa shape index (κ1) is 14.0. The number of pyridine rings is 1. The van der Waals surface area contributed by atoms with Crippen LogP contribution < -0.4 is 15.8 Å². The van der Waals surface area contributed by atoms with Crippen molar-refractivity contribution in [3.8, 4) is 11.4 Å². The van der Waals surface area contributed by atoms with E-state index in [1.54, 1.807) is 24.5 Å². The van der Waals surface area contributed by atoms with Crippen LogP contribution in [0.1, 0.15) is 6.42 Å². The van der Waals surface area contributed by atoms with Gasteiger partial charge in [0.15, 0.2) is 5.82 Å². The zero-order chi connectivity index (χ0) is 14.7. The number of H-pyrrole nitrogens is 1. The van der Waals surface area contributed by atoms with Crippen molar-refractivity contribution in [1.82, 2.24) is 20.3 Å². The van der Waals surface area contributed by atoms with Gasteiger partial charge in [-0.15, -0.1) is 0 Å². The van der Waals surface area contributed by atoms with Gasteiger partial charge in [-0.2, -0.15) is 0 Å². The lowest BCUT2D eigenvalue weighted by Gasteiger charge is -2.22. The van der Waals surface area contributed by atoms with Crippen LogP contribution in [-0.2, 0) is 0 Å². The molecule has 110 valence electrons. The quantitative estimate of drug-likeness (QED) is 0.874. The third-order valence-corrected chi connectivity index (χ3v) is 3.78. The molecule has 0 radical (unpaired) electrons. The highest BCUT2D eigenvalue weighted by atomic mass is 35.5. The molecule has 21 heavy (non-hydrogen) atoms. The molecular formula is C14H16ClN5O. The van der Waals surface area contributed by atoms with Crippen LogP contribution in [0, 0.1) is 0 Å². The first-order valence-electron chi connectivity index (χ1n) is 6.91. The van der Waals surface area contributed by atoms with Crippen molar-refractivity contribution in [3.63, 3.8) is 0 Å². The van der Waals surface area contributed by atoms with E-state index in [0.29, 0.717) is 11.6 Å². The average molecular weight is 306 g/mol. The van der Waals surface area contributed by atoms with Gasteiger partial charge in [-0.1, -0.05) is 11.6 Å². The van der Waals surface area contributed by atoms with E-state index >= 15 is 0 Å². The summed E-state index contributed by atoms with van der Waals surface area (Å²) in [6.07, 6.45) is 4.33. The van der Waals surface area contributed by atoms with Gasteiger partial charge < -0.3 is 15.2 Å². The fourth-order valence-electron chi connectivity index (χ4n) is 2.36. The summed E-state index contributed by atoms with van der Waals surface area (Å²) in [7, 11) is 0. The number of hydrogen-bond donors (Lipinski definition) is 2. The highest BCUT2D eigenvalue weighted by molar-refractivity contribution is 6.32. The summed E-state index contributed by atoms with van der Waals surface area (Å²) in [5, 5.41) is 3.47. The van der Waals surface area contributed by atoms with Gasteiger partial charge in [-0.25, -0.2) is 4.98 Å². The molecule has 1 aliphatic heterocycles. The summed E-state index contributed by atoms with van der Waals surface area (Å²) in [5.41, 5.74) is 0.499. The SMILES string of the molecule is O=c1[nH]c(-c2ccncc2)nc(N2CCCNCC2)c1Cl. The maximum Gasteiger partial charge on any atom is 0.272 e. The lowest BCUT2D eigenvalue weighted by Crippen LogP contribution is -2.30. The molecule has 0 amide bonds. The van der Waals surface area contributed by atoms with E-state index in [4.69, 9.17) is 11.6 Å². The molecule has 0 atom stereocenters. The molecular weight excluding hydrogens is 290 g/mol. The molecule has 6 nitrogen and oxygen atoms in total. The monoisotopic (exact) mass is 305 g/mol. The fraction of sp³-hybridized carbons (Fsp3) is 0.357. The minimum atomic E-state index is -0.314. The topological polar surface area (TPSA) is 73.9 Å². The number of rotatable bonds is 2. The van der Waals surface area contributed by atoms with Gasteiger partial charge >= 0.3 is 0 Å². The molecule has 1 fully saturated rings. The molecule has 0 aromatic carbocycles. The van der Waals surface area contributed by atoms with Crippen molar-refractivity contribution in [3.05, 3.63) is 39.9 Å². The predicted molar refractivity (Wildman–Crippen MR) is 82.8 cm³/mol. The molecule has 7 heteroatoms. The molecule has 3 heterocycles. The van der Waals surface area contributed by atoms with Crippen LogP contribution in [0.25, 0.3) is 11.4 Å². The summed E-state index contributed by atoms with van der Waals surface area (Å²) in [4.78, 5) is 25.4. The van der Waals surface area contributed by atoms with Gasteiger partial charge in [0.1, 0.15) is 10.8 Å². The van der Waals surface area contributed by atoms with Crippen molar-refractivity contribution in [2.75, 3.05) is 31.1 Å². The molecule has 0 spiro atoms. The maximum atomic E-state index is 12.1. The summed E-state index contributed by atoms with van der Waals surface area (Å²) in [5.74, 6) is 1.06. The second kappa shape index (κ2) is 6.24. The van der Waals surface area contributed by atoms with E-state index < -0.39 is 0 Å². The van der Waals surface area contributed by atoms with Gasteiger partial charge in [-0.05, 0) is 25.1 Å². The van der Waals surface area contributed by atoms with Crippen LogP contribution in [0.4, 0.5) is 5.82 Å². The number of halogens is 1. The van der Waals surface area contributed by atoms with Crippen LogP contribution in [-0.4, -0.2) is 41.1 Å². The summed E-state index contributed by atoms with van der Waals surface area (Å²) in [6.45, 7) is 3.44. The Hall–Kier alpha value is -1.92. The summed E-state index contributed by atoms with van der Waals surface area (Å²) >= 11 is 6.16. The van der Waals surface area contributed by atoms with Crippen LogP contribution in [0.2, 0.25) is 5.02 Å². The van der Waals surface area contributed by atoms with Crippen LogP contribution in [0.5, 0.6) is 0 Å². The van der Waals surface area contributed by atoms with Gasteiger partial charge in [0.05, 0.1) is 0 Å². The second-order valence-electron chi connectivity index (χ2n) is 4.88. The van der Waals surface area contributed by atoms with Crippen molar-refractivity contribution in [2.45, 2.75) is 6.42 Å². The zero-order valence-electron chi connectivity index (χ0n) is 11.5. The van der Waals surface area contributed by atoms with Crippen molar-refractivity contribution in [2.24, 2.45) is 0 Å². The first-order chi connectivity index (χ1) is 10.3. The summed E-state index contributed by atoms with van der Waals surface area (Å²) < 4.78 is 0. The molecule has 2 N–H and O–H groups in total. The molecule has 1 aliphatic rings. The van der Waals surface area contributed by atoms with Gasteiger partial charge in [0.25, 0.3) is 5.56 Å². The lowest BCUT2D eigenvalue weighted by atomic mass is 10.2. The highest BCUT2D eigenvalue weighted by Crippen LogP contribution is 2.23.